The Kier molecular flexibility index (Phi) is 5.69. The number of aliphatic hydroxyl groups is 1. The van der Waals surface area contributed by atoms with Crippen LogP contribution in [0, 0.1) is 0 Å². The van der Waals surface area contributed by atoms with Crippen molar-refractivity contribution in [2.45, 2.75) is 6.10 Å². The van der Waals surface area contributed by atoms with E-state index in [0.717, 1.165) is 28.0 Å². The van der Waals surface area contributed by atoms with Crippen molar-refractivity contribution in [3.63, 3.8) is 0 Å². The van der Waals surface area contributed by atoms with Crippen molar-refractivity contribution >= 4 is 15.7 Å². The Morgan fingerprint density at radius 1 is 0.966 bits per heavy atom. The third-order valence-electron chi connectivity index (χ3n) is 5.35. The van der Waals surface area contributed by atoms with E-state index in [1.807, 2.05) is 41.3 Å². The number of benzene rings is 2. The summed E-state index contributed by atoms with van der Waals surface area (Å²) in [7, 11) is -3.15. The quantitative estimate of drug-likeness (QED) is 0.615. The van der Waals surface area contributed by atoms with Gasteiger partial charge in [-0.05, 0) is 11.1 Å². The molecule has 1 aliphatic carbocycles. The summed E-state index contributed by atoms with van der Waals surface area (Å²) in [6.45, 7) is 2.60. The van der Waals surface area contributed by atoms with E-state index in [1.54, 1.807) is 0 Å². The third-order valence-corrected chi connectivity index (χ3v) is 6.65. The molecule has 1 N–H and O–H groups in total. The molecule has 29 heavy (non-hydrogen) atoms. The lowest BCUT2D eigenvalue weighted by molar-refractivity contribution is 0.0139. The molecule has 0 aromatic heterocycles. The Balaban J connectivity index is 1.35. The van der Waals surface area contributed by atoms with E-state index in [4.69, 9.17) is 4.84 Å². The normalized spacial score (nSPS) is 18.2. The van der Waals surface area contributed by atoms with Crippen LogP contribution in [-0.4, -0.2) is 80.1 Å². The van der Waals surface area contributed by atoms with Crippen molar-refractivity contribution in [3.05, 3.63) is 59.7 Å². The van der Waals surface area contributed by atoms with Crippen molar-refractivity contribution in [1.82, 2.24) is 9.21 Å². The SMILES string of the molecule is CS(=O)(=O)N1CCN(C[C@@H](O)CON=C2c3ccccc3-c3ccccc32)CC1. The van der Waals surface area contributed by atoms with Crippen LogP contribution in [0.3, 0.4) is 0 Å². The summed E-state index contributed by atoms with van der Waals surface area (Å²) < 4.78 is 24.6. The molecule has 2 aromatic rings. The number of nitrogens with zero attached hydrogens (tertiary/aromatic N) is 3. The first-order valence-electron chi connectivity index (χ1n) is 9.68. The highest BCUT2D eigenvalue weighted by molar-refractivity contribution is 7.88. The lowest BCUT2D eigenvalue weighted by Crippen LogP contribution is -2.50. The molecule has 0 radical (unpaired) electrons. The molecule has 1 saturated heterocycles. The minimum atomic E-state index is -3.15. The van der Waals surface area contributed by atoms with E-state index < -0.39 is 16.1 Å². The number of β-amino-alcohol motifs (C(OH)–C–C–N with tert-alkyl or cyclic N) is 1. The first kappa shape index (κ1) is 20.0. The predicted molar refractivity (Wildman–Crippen MR) is 112 cm³/mol. The van der Waals surface area contributed by atoms with Crippen molar-refractivity contribution in [2.75, 3.05) is 45.6 Å². The van der Waals surface area contributed by atoms with Gasteiger partial charge in [0, 0.05) is 43.9 Å². The smallest absolute Gasteiger partial charge is 0.211 e. The summed E-state index contributed by atoms with van der Waals surface area (Å²) in [6.07, 6.45) is 0.528. The van der Waals surface area contributed by atoms with Crippen LogP contribution in [0.1, 0.15) is 11.1 Å². The van der Waals surface area contributed by atoms with Gasteiger partial charge >= 0.3 is 0 Å². The van der Waals surface area contributed by atoms with Crippen molar-refractivity contribution in [1.29, 1.82) is 0 Å². The molecule has 0 saturated carbocycles. The topological polar surface area (TPSA) is 82.4 Å². The van der Waals surface area contributed by atoms with Gasteiger partial charge in [-0.15, -0.1) is 0 Å². The van der Waals surface area contributed by atoms with Crippen molar-refractivity contribution in [3.8, 4) is 11.1 Å². The Morgan fingerprint density at radius 2 is 1.48 bits per heavy atom. The summed E-state index contributed by atoms with van der Waals surface area (Å²) in [4.78, 5) is 7.56. The largest absolute Gasteiger partial charge is 0.392 e. The summed E-state index contributed by atoms with van der Waals surface area (Å²) in [6, 6.07) is 16.2. The molecule has 2 aromatic carbocycles. The molecule has 0 bridgehead atoms. The monoisotopic (exact) mass is 415 g/mol. The van der Waals surface area contributed by atoms with E-state index >= 15 is 0 Å². The van der Waals surface area contributed by atoms with Gasteiger partial charge in [-0.3, -0.25) is 4.90 Å². The summed E-state index contributed by atoms with van der Waals surface area (Å²) in [5, 5.41) is 14.7. The molecular weight excluding hydrogens is 390 g/mol. The standard InChI is InChI=1S/C21H25N3O4S/c1-29(26,27)24-12-10-23(11-13-24)14-16(25)15-28-22-21-19-8-4-2-6-17(19)18-7-3-5-9-20(18)21/h2-9,16,25H,10-15H2,1H3/t16-/m1/s1. The molecule has 7 nitrogen and oxygen atoms in total. The molecule has 2 aliphatic rings. The van der Waals surface area contributed by atoms with Gasteiger partial charge in [-0.2, -0.15) is 4.31 Å². The maximum Gasteiger partial charge on any atom is 0.211 e. The van der Waals surface area contributed by atoms with Gasteiger partial charge in [0.25, 0.3) is 0 Å². The number of fused-ring (bicyclic) bond motifs is 3. The molecule has 8 heteroatoms. The zero-order chi connectivity index (χ0) is 20.4. The second-order valence-electron chi connectivity index (χ2n) is 7.44. The molecule has 0 amide bonds. The van der Waals surface area contributed by atoms with Crippen molar-refractivity contribution < 1.29 is 18.4 Å². The number of hydrogen-bond acceptors (Lipinski definition) is 6. The highest BCUT2D eigenvalue weighted by atomic mass is 32.2. The highest BCUT2D eigenvalue weighted by Crippen LogP contribution is 2.36. The summed E-state index contributed by atoms with van der Waals surface area (Å²) in [5.74, 6) is 0. The van der Waals surface area contributed by atoms with Gasteiger partial charge in [0.1, 0.15) is 18.4 Å². The van der Waals surface area contributed by atoms with Crippen LogP contribution in [-0.2, 0) is 14.9 Å². The second kappa shape index (κ2) is 8.23. The first-order chi connectivity index (χ1) is 13.9. The molecule has 0 unspecified atom stereocenters. The third kappa shape index (κ3) is 4.35. The van der Waals surface area contributed by atoms with Gasteiger partial charge in [0.05, 0.1) is 6.26 Å². The van der Waals surface area contributed by atoms with E-state index in [2.05, 4.69) is 17.3 Å². The van der Waals surface area contributed by atoms with Gasteiger partial charge in [-0.1, -0.05) is 53.7 Å². The first-order valence-corrected chi connectivity index (χ1v) is 11.5. The van der Waals surface area contributed by atoms with E-state index in [0.29, 0.717) is 32.7 Å². The van der Waals surface area contributed by atoms with Gasteiger partial charge in [0.2, 0.25) is 10.0 Å². The van der Waals surface area contributed by atoms with Crippen LogP contribution in [0.25, 0.3) is 11.1 Å². The number of hydrogen-bond donors (Lipinski definition) is 1. The predicted octanol–water partition coefficient (Wildman–Crippen LogP) is 1.37. The Bertz CT molecular complexity index is 967. The fourth-order valence-corrected chi connectivity index (χ4v) is 4.70. The van der Waals surface area contributed by atoms with E-state index in [-0.39, 0.29) is 6.61 Å². The fraction of sp³-hybridized carbons (Fsp3) is 0.381. The Morgan fingerprint density at radius 3 is 2.00 bits per heavy atom. The molecule has 154 valence electrons. The van der Waals surface area contributed by atoms with Gasteiger partial charge < -0.3 is 9.94 Å². The van der Waals surface area contributed by atoms with Gasteiger partial charge in [0.15, 0.2) is 0 Å². The van der Waals surface area contributed by atoms with Crippen LogP contribution in [0.5, 0.6) is 0 Å². The summed E-state index contributed by atoms with van der Waals surface area (Å²) in [5.41, 5.74) is 5.11. The average molecular weight is 416 g/mol. The number of piperazine rings is 1. The lowest BCUT2D eigenvalue weighted by atomic mass is 10.1. The minimum absolute atomic E-state index is 0.0835. The maximum absolute atomic E-state index is 11.6. The molecule has 1 aliphatic heterocycles. The Hall–Kier alpha value is -2.26. The molecule has 1 atom stereocenters. The van der Waals surface area contributed by atoms with Crippen LogP contribution in [0.2, 0.25) is 0 Å². The van der Waals surface area contributed by atoms with Crippen LogP contribution >= 0.6 is 0 Å². The lowest BCUT2D eigenvalue weighted by Gasteiger charge is -2.33. The van der Waals surface area contributed by atoms with Gasteiger partial charge in [-0.25, -0.2) is 8.42 Å². The van der Waals surface area contributed by atoms with Crippen molar-refractivity contribution in [2.24, 2.45) is 5.16 Å². The molecule has 1 fully saturated rings. The molecule has 0 spiro atoms. The number of rotatable bonds is 6. The summed E-state index contributed by atoms with van der Waals surface area (Å²) >= 11 is 0. The number of aliphatic hydroxyl groups excluding tert-OH is 1. The molecular formula is C21H25N3O4S. The van der Waals surface area contributed by atoms with Crippen LogP contribution in [0.4, 0.5) is 0 Å². The van der Waals surface area contributed by atoms with E-state index in [9.17, 15) is 13.5 Å². The highest BCUT2D eigenvalue weighted by Gasteiger charge is 2.26. The molecule has 4 rings (SSSR count). The van der Waals surface area contributed by atoms with Crippen LogP contribution < -0.4 is 0 Å². The minimum Gasteiger partial charge on any atom is -0.392 e. The van der Waals surface area contributed by atoms with E-state index in [1.165, 1.54) is 10.6 Å². The number of oxime groups is 1. The van der Waals surface area contributed by atoms with Crippen LogP contribution in [0.15, 0.2) is 53.7 Å². The fourth-order valence-electron chi connectivity index (χ4n) is 3.87. The zero-order valence-electron chi connectivity index (χ0n) is 16.4. The molecule has 1 heterocycles. The Labute approximate surface area is 171 Å². The number of sulfonamides is 1. The average Bonchev–Trinajstić information content (AvgIpc) is 3.02. The second-order valence-corrected chi connectivity index (χ2v) is 9.43. The maximum atomic E-state index is 11.6. The zero-order valence-corrected chi connectivity index (χ0v) is 17.2.